The topological polar surface area (TPSA) is 113 Å². The number of carbonyl (C=O) groups is 1. The monoisotopic (exact) mass is 415 g/mol. The third-order valence-corrected chi connectivity index (χ3v) is 5.53. The lowest BCUT2D eigenvalue weighted by molar-refractivity contribution is -0.385. The lowest BCUT2D eigenvalue weighted by Crippen LogP contribution is -2.38. The molecule has 1 aromatic heterocycles. The molecule has 0 aliphatic carbocycles. The number of piperidine rings is 1. The van der Waals surface area contributed by atoms with Crippen molar-refractivity contribution in [2.24, 2.45) is 5.92 Å². The number of methoxy groups -OCH3 is 1. The number of nitro groups is 1. The van der Waals surface area contributed by atoms with E-state index in [0.29, 0.717) is 24.6 Å². The highest BCUT2D eigenvalue weighted by Crippen LogP contribution is 2.23. The average molecular weight is 415 g/mol. The van der Waals surface area contributed by atoms with E-state index in [-0.39, 0.29) is 11.4 Å². The molecule has 0 unspecified atom stereocenters. The molecule has 0 spiro atoms. The summed E-state index contributed by atoms with van der Waals surface area (Å²) in [5.41, 5.74) is 1.32. The zero-order valence-corrected chi connectivity index (χ0v) is 17.5. The van der Waals surface area contributed by atoms with Gasteiger partial charge in [0, 0.05) is 13.1 Å². The number of aromatic amines is 1. The molecule has 1 aliphatic rings. The number of hydrogen-bond acceptors (Lipinski definition) is 6. The number of aryl methyl sites for hydroxylation is 1. The molecule has 162 valence electrons. The maximum atomic E-state index is 12.5. The largest absolute Gasteiger partial charge is 0.497 e. The molecule has 2 N–H and O–H groups in total. The summed E-state index contributed by atoms with van der Waals surface area (Å²) in [7, 11) is 1.66. The van der Waals surface area contributed by atoms with E-state index in [1.807, 2.05) is 19.1 Å². The van der Waals surface area contributed by atoms with Crippen LogP contribution in [0.5, 0.6) is 5.75 Å². The summed E-state index contributed by atoms with van der Waals surface area (Å²) in [5.74, 6) is 0.724. The fourth-order valence-electron chi connectivity index (χ4n) is 3.81. The van der Waals surface area contributed by atoms with Gasteiger partial charge in [0.15, 0.2) is 0 Å². The number of amides is 1. The molecule has 9 nitrogen and oxygen atoms in total. The van der Waals surface area contributed by atoms with Crippen molar-refractivity contribution < 1.29 is 14.5 Å². The Kier molecular flexibility index (Phi) is 7.40. The van der Waals surface area contributed by atoms with E-state index in [2.05, 4.69) is 32.5 Å². The maximum Gasteiger partial charge on any atom is 0.322 e. The molecule has 2 aromatic rings. The Hall–Kier alpha value is -2.94. The Morgan fingerprint density at radius 2 is 2.03 bits per heavy atom. The van der Waals surface area contributed by atoms with Crippen LogP contribution in [-0.2, 0) is 13.0 Å². The molecule has 2 heterocycles. The normalized spacial score (nSPS) is 15.1. The third-order valence-electron chi connectivity index (χ3n) is 5.53. The van der Waals surface area contributed by atoms with Crippen LogP contribution in [0.2, 0.25) is 0 Å². The number of hydrogen-bond donors (Lipinski definition) is 2. The fraction of sp³-hybridized carbons (Fsp3) is 0.524. The smallest absolute Gasteiger partial charge is 0.322 e. The third kappa shape index (κ3) is 5.35. The van der Waals surface area contributed by atoms with E-state index >= 15 is 0 Å². The van der Waals surface area contributed by atoms with Gasteiger partial charge in [0.1, 0.15) is 11.4 Å². The van der Waals surface area contributed by atoms with Gasteiger partial charge in [-0.3, -0.25) is 24.9 Å². The molecule has 1 aliphatic heterocycles. The highest BCUT2D eigenvalue weighted by molar-refractivity contribution is 5.96. The number of aromatic nitrogens is 2. The molecule has 3 rings (SSSR count). The molecule has 0 bridgehead atoms. The van der Waals surface area contributed by atoms with Gasteiger partial charge < -0.3 is 10.1 Å². The van der Waals surface area contributed by atoms with Gasteiger partial charge in [-0.05, 0) is 56.0 Å². The minimum Gasteiger partial charge on any atom is -0.497 e. The first-order valence-electron chi connectivity index (χ1n) is 10.4. The van der Waals surface area contributed by atoms with Gasteiger partial charge in [-0.1, -0.05) is 25.5 Å². The maximum absolute atomic E-state index is 12.5. The summed E-state index contributed by atoms with van der Waals surface area (Å²) >= 11 is 0. The van der Waals surface area contributed by atoms with Crippen LogP contribution in [0, 0.1) is 16.0 Å². The number of carbonyl (C=O) groups excluding carboxylic acids is 1. The first-order valence-corrected chi connectivity index (χ1v) is 10.4. The molecular formula is C21H29N5O4. The van der Waals surface area contributed by atoms with Crippen molar-refractivity contribution in [3.05, 3.63) is 51.3 Å². The van der Waals surface area contributed by atoms with E-state index in [4.69, 9.17) is 4.74 Å². The number of likely N-dealkylation sites (tertiary alicyclic amines) is 1. The van der Waals surface area contributed by atoms with Crippen LogP contribution < -0.4 is 10.1 Å². The molecule has 0 atom stereocenters. The summed E-state index contributed by atoms with van der Waals surface area (Å²) in [5, 5.41) is 20.7. The van der Waals surface area contributed by atoms with E-state index in [0.717, 1.165) is 44.6 Å². The van der Waals surface area contributed by atoms with Crippen LogP contribution in [0.1, 0.15) is 47.9 Å². The van der Waals surface area contributed by atoms with Crippen molar-refractivity contribution in [3.8, 4) is 5.75 Å². The lowest BCUT2D eigenvalue weighted by Gasteiger charge is -2.32. The standard InChI is InChI=1S/C21H29N5O4/c1-3-4-18-20(26(28)29)19(24-23-18)21(27)22-13-15-9-11-25(12-10-15)14-16-5-7-17(30-2)8-6-16/h5-8,15H,3-4,9-14H2,1-2H3,(H,22,27)(H,23,24). The lowest BCUT2D eigenvalue weighted by atomic mass is 9.96. The van der Waals surface area contributed by atoms with Gasteiger partial charge in [-0.15, -0.1) is 0 Å². The minimum absolute atomic E-state index is 0.125. The zero-order chi connectivity index (χ0) is 21.5. The molecular weight excluding hydrogens is 386 g/mol. The highest BCUT2D eigenvalue weighted by atomic mass is 16.6. The van der Waals surface area contributed by atoms with Gasteiger partial charge in [0.05, 0.1) is 12.0 Å². The van der Waals surface area contributed by atoms with Crippen LogP contribution in [0.4, 0.5) is 5.69 Å². The molecule has 9 heteroatoms. The van der Waals surface area contributed by atoms with E-state index in [1.165, 1.54) is 5.56 Å². The van der Waals surface area contributed by atoms with Crippen LogP contribution in [0.3, 0.4) is 0 Å². The van der Waals surface area contributed by atoms with Gasteiger partial charge in [0.2, 0.25) is 5.69 Å². The summed E-state index contributed by atoms with van der Waals surface area (Å²) in [4.78, 5) is 25.7. The summed E-state index contributed by atoms with van der Waals surface area (Å²) in [6.45, 7) is 5.22. The second kappa shape index (κ2) is 10.2. The second-order valence-electron chi connectivity index (χ2n) is 7.68. The van der Waals surface area contributed by atoms with Gasteiger partial charge >= 0.3 is 5.69 Å². The van der Waals surface area contributed by atoms with Crippen LogP contribution in [-0.4, -0.2) is 52.7 Å². The Labute approximate surface area is 175 Å². The molecule has 0 saturated carbocycles. The number of benzene rings is 1. The number of rotatable bonds is 9. The average Bonchev–Trinajstić information content (AvgIpc) is 3.18. The Morgan fingerprint density at radius 1 is 1.33 bits per heavy atom. The van der Waals surface area contributed by atoms with E-state index < -0.39 is 10.8 Å². The molecule has 1 aromatic carbocycles. The minimum atomic E-state index is -0.527. The van der Waals surface area contributed by atoms with Crippen molar-refractivity contribution in [1.82, 2.24) is 20.4 Å². The molecule has 1 amide bonds. The molecule has 1 saturated heterocycles. The zero-order valence-electron chi connectivity index (χ0n) is 17.5. The Bertz CT molecular complexity index is 857. The van der Waals surface area contributed by atoms with Gasteiger partial charge in [-0.2, -0.15) is 5.10 Å². The Balaban J connectivity index is 1.47. The number of nitrogens with zero attached hydrogens (tertiary/aromatic N) is 3. The SMILES string of the molecule is CCCc1[nH]nc(C(=O)NCC2CCN(Cc3ccc(OC)cc3)CC2)c1[N+](=O)[O-]. The fourth-order valence-corrected chi connectivity index (χ4v) is 3.81. The first-order chi connectivity index (χ1) is 14.5. The predicted octanol–water partition coefficient (Wildman–Crippen LogP) is 2.92. The van der Waals surface area contributed by atoms with Crippen molar-refractivity contribution in [2.75, 3.05) is 26.7 Å². The molecule has 30 heavy (non-hydrogen) atoms. The summed E-state index contributed by atoms with van der Waals surface area (Å²) < 4.78 is 5.19. The predicted molar refractivity (Wildman–Crippen MR) is 113 cm³/mol. The van der Waals surface area contributed by atoms with Crippen molar-refractivity contribution in [2.45, 2.75) is 39.2 Å². The van der Waals surface area contributed by atoms with Crippen LogP contribution >= 0.6 is 0 Å². The van der Waals surface area contributed by atoms with E-state index in [9.17, 15) is 14.9 Å². The van der Waals surface area contributed by atoms with Crippen molar-refractivity contribution in [1.29, 1.82) is 0 Å². The quantitative estimate of drug-likeness (QED) is 0.481. The van der Waals surface area contributed by atoms with Crippen molar-refractivity contribution >= 4 is 11.6 Å². The van der Waals surface area contributed by atoms with Crippen LogP contribution in [0.25, 0.3) is 0 Å². The number of ether oxygens (including phenoxy) is 1. The van der Waals surface area contributed by atoms with E-state index in [1.54, 1.807) is 7.11 Å². The number of nitrogens with one attached hydrogen (secondary N) is 2. The van der Waals surface area contributed by atoms with Crippen molar-refractivity contribution in [3.63, 3.8) is 0 Å². The molecule has 1 fully saturated rings. The van der Waals surface area contributed by atoms with Gasteiger partial charge in [-0.25, -0.2) is 0 Å². The number of H-pyrrole nitrogens is 1. The second-order valence-corrected chi connectivity index (χ2v) is 7.68. The van der Waals surface area contributed by atoms with Crippen LogP contribution in [0.15, 0.2) is 24.3 Å². The highest BCUT2D eigenvalue weighted by Gasteiger charge is 2.29. The van der Waals surface area contributed by atoms with Gasteiger partial charge in [0.25, 0.3) is 5.91 Å². The Morgan fingerprint density at radius 3 is 2.63 bits per heavy atom. The first kappa shape index (κ1) is 21.8. The summed E-state index contributed by atoms with van der Waals surface area (Å²) in [6.07, 6.45) is 3.17. The molecule has 0 radical (unpaired) electrons. The summed E-state index contributed by atoms with van der Waals surface area (Å²) in [6, 6.07) is 8.10.